The van der Waals surface area contributed by atoms with Gasteiger partial charge in [0.05, 0.1) is 30.2 Å². The number of methoxy groups -OCH3 is 1. The van der Waals surface area contributed by atoms with E-state index in [0.717, 1.165) is 42.4 Å². The standard InChI is InChI=1S/C49H48O11/c1-6-8-9-15-36-25-39(56-27-31-14-11-17-35(23-31)40-38(51)24-33(12-7-2)42-44(40)57-28-58-47(42)53)41(34-16-10-13-29(3)22-34)45-43(36)48(54)60-49(59-45,26-30(4)50)37-20-18-32(19-21-37)46(52)55-5/h10-11,13-14,16-25,51H,6-9,12,15,26-28H2,1-5H3. The second kappa shape index (κ2) is 17.7. The van der Waals surface area contributed by atoms with Gasteiger partial charge in [0.25, 0.3) is 5.79 Å². The van der Waals surface area contributed by atoms with Crippen LogP contribution in [0.25, 0.3) is 22.3 Å². The number of fused-ring (bicyclic) bond motifs is 2. The summed E-state index contributed by atoms with van der Waals surface area (Å²) in [6.07, 6.45) is 4.21. The van der Waals surface area contributed by atoms with E-state index < -0.39 is 23.7 Å². The first-order valence-corrected chi connectivity index (χ1v) is 20.2. The molecule has 0 radical (unpaired) electrons. The van der Waals surface area contributed by atoms with Gasteiger partial charge in [-0.1, -0.05) is 93.3 Å². The Morgan fingerprint density at radius 2 is 1.47 bits per heavy atom. The Hall–Kier alpha value is -6.62. The van der Waals surface area contributed by atoms with Crippen LogP contribution >= 0.6 is 0 Å². The molecule has 0 amide bonds. The molecule has 5 aromatic rings. The molecule has 60 heavy (non-hydrogen) atoms. The molecule has 2 aliphatic rings. The number of phenols is 1. The lowest BCUT2D eigenvalue weighted by Gasteiger charge is -2.39. The number of cyclic esters (lactones) is 2. The first-order chi connectivity index (χ1) is 29.0. The van der Waals surface area contributed by atoms with Crippen LogP contribution in [0.1, 0.15) is 112 Å². The van der Waals surface area contributed by atoms with Gasteiger partial charge >= 0.3 is 17.9 Å². The zero-order valence-electron chi connectivity index (χ0n) is 34.5. The third-order valence-electron chi connectivity index (χ3n) is 10.7. The number of Topliss-reactive ketones (excluding diaryl/α,β-unsaturated/α-hetero) is 1. The molecule has 310 valence electrons. The third-order valence-corrected chi connectivity index (χ3v) is 10.7. The summed E-state index contributed by atoms with van der Waals surface area (Å²) in [5.74, 6) is -2.91. The van der Waals surface area contributed by atoms with Crippen LogP contribution in [0.4, 0.5) is 0 Å². The van der Waals surface area contributed by atoms with E-state index in [1.807, 2.05) is 68.4 Å². The third kappa shape index (κ3) is 8.30. The van der Waals surface area contributed by atoms with Crippen LogP contribution in [0.5, 0.6) is 23.0 Å². The van der Waals surface area contributed by atoms with E-state index in [1.54, 1.807) is 18.2 Å². The maximum absolute atomic E-state index is 14.5. The predicted octanol–water partition coefficient (Wildman–Crippen LogP) is 9.97. The molecule has 1 N–H and O–H groups in total. The molecule has 11 heteroatoms. The number of unbranched alkanes of at least 4 members (excludes halogenated alkanes) is 2. The Kier molecular flexibility index (Phi) is 12.3. The van der Waals surface area contributed by atoms with E-state index in [0.29, 0.717) is 57.5 Å². The highest BCUT2D eigenvalue weighted by molar-refractivity contribution is 6.01. The Morgan fingerprint density at radius 1 is 0.750 bits per heavy atom. The van der Waals surface area contributed by atoms with Crippen LogP contribution in [0.2, 0.25) is 0 Å². The number of aromatic hydroxyl groups is 1. The fourth-order valence-electron chi connectivity index (χ4n) is 7.95. The maximum Gasteiger partial charge on any atom is 0.345 e. The smallest absolute Gasteiger partial charge is 0.345 e. The monoisotopic (exact) mass is 812 g/mol. The van der Waals surface area contributed by atoms with Crippen molar-refractivity contribution in [3.8, 4) is 45.3 Å². The van der Waals surface area contributed by atoms with E-state index >= 15 is 0 Å². The molecular formula is C49H48O11. The normalized spacial score (nSPS) is 15.4. The lowest BCUT2D eigenvalue weighted by atomic mass is 9.90. The highest BCUT2D eigenvalue weighted by Crippen LogP contribution is 2.51. The van der Waals surface area contributed by atoms with Crippen LogP contribution in [0, 0.1) is 6.92 Å². The molecule has 0 spiro atoms. The summed E-state index contributed by atoms with van der Waals surface area (Å²) < 4.78 is 35.8. The van der Waals surface area contributed by atoms with Crippen molar-refractivity contribution in [1.29, 1.82) is 0 Å². The molecule has 11 nitrogen and oxygen atoms in total. The van der Waals surface area contributed by atoms with Gasteiger partial charge in [0.2, 0.25) is 6.79 Å². The van der Waals surface area contributed by atoms with Crippen molar-refractivity contribution in [2.24, 2.45) is 0 Å². The van der Waals surface area contributed by atoms with Gasteiger partial charge in [-0.3, -0.25) is 4.79 Å². The van der Waals surface area contributed by atoms with E-state index in [2.05, 4.69) is 6.92 Å². The number of ether oxygens (including phenoxy) is 6. The molecule has 1 atom stereocenters. The van der Waals surface area contributed by atoms with Crippen LogP contribution < -0.4 is 14.2 Å². The summed E-state index contributed by atoms with van der Waals surface area (Å²) in [6.45, 7) is 7.26. The molecule has 5 aromatic carbocycles. The van der Waals surface area contributed by atoms with Crippen molar-refractivity contribution in [3.63, 3.8) is 0 Å². The number of carbonyl (C=O) groups is 4. The predicted molar refractivity (Wildman–Crippen MR) is 223 cm³/mol. The van der Waals surface area contributed by atoms with Crippen LogP contribution in [0.3, 0.4) is 0 Å². The van der Waals surface area contributed by atoms with Gasteiger partial charge in [-0.25, -0.2) is 14.4 Å². The van der Waals surface area contributed by atoms with Gasteiger partial charge in [-0.05, 0) is 91.3 Å². The Labute approximate surface area is 349 Å². The van der Waals surface area contributed by atoms with Crippen molar-refractivity contribution in [3.05, 3.63) is 129 Å². The molecule has 0 saturated carbocycles. The number of phenolic OH excluding ortho intramolecular Hbond substituents is 1. The summed E-state index contributed by atoms with van der Waals surface area (Å²) in [5.41, 5.74) is 6.45. The SMILES string of the molecule is CCCCCc1cc(OCc2cccc(-c3c(O)cc(CCC)c4c3OCOC4=O)c2)c(-c2cccc(C)c2)c2c1C(=O)OC(CC(C)=O)(c1ccc(C(=O)OC)cc1)O2. The summed E-state index contributed by atoms with van der Waals surface area (Å²) in [6, 6.07) is 24.9. The second-order valence-corrected chi connectivity index (χ2v) is 15.2. The minimum atomic E-state index is -1.86. The molecule has 2 heterocycles. The lowest BCUT2D eigenvalue weighted by molar-refractivity contribution is -0.171. The second-order valence-electron chi connectivity index (χ2n) is 15.2. The molecule has 7 rings (SSSR count). The largest absolute Gasteiger partial charge is 0.507 e. The molecule has 0 aliphatic carbocycles. The molecule has 0 bridgehead atoms. The molecule has 2 aliphatic heterocycles. The number of aryl methyl sites for hydroxylation is 3. The molecule has 1 unspecified atom stereocenters. The average Bonchev–Trinajstić information content (AvgIpc) is 3.22. The zero-order chi connectivity index (χ0) is 42.6. The first-order valence-electron chi connectivity index (χ1n) is 20.2. The fourth-order valence-corrected chi connectivity index (χ4v) is 7.95. The number of hydrogen-bond acceptors (Lipinski definition) is 11. The topological polar surface area (TPSA) is 144 Å². The van der Waals surface area contributed by atoms with Gasteiger partial charge in [0.15, 0.2) is 5.75 Å². The number of benzene rings is 5. The van der Waals surface area contributed by atoms with E-state index in [1.165, 1.54) is 26.2 Å². The highest BCUT2D eigenvalue weighted by Gasteiger charge is 2.48. The van der Waals surface area contributed by atoms with Gasteiger partial charge in [-0.15, -0.1) is 0 Å². The van der Waals surface area contributed by atoms with Crippen molar-refractivity contribution in [1.82, 2.24) is 0 Å². The van der Waals surface area contributed by atoms with Crippen LogP contribution in [0.15, 0.2) is 84.9 Å². The number of rotatable bonds is 15. The van der Waals surface area contributed by atoms with Crippen LogP contribution in [-0.2, 0) is 44.2 Å². The molecule has 0 aromatic heterocycles. The van der Waals surface area contributed by atoms with E-state index in [-0.39, 0.29) is 54.0 Å². The Morgan fingerprint density at radius 3 is 2.17 bits per heavy atom. The van der Waals surface area contributed by atoms with Crippen molar-refractivity contribution < 1.29 is 52.7 Å². The van der Waals surface area contributed by atoms with Crippen molar-refractivity contribution in [2.45, 2.75) is 85.0 Å². The minimum Gasteiger partial charge on any atom is -0.507 e. The minimum absolute atomic E-state index is 0.0175. The van der Waals surface area contributed by atoms with E-state index in [9.17, 15) is 24.3 Å². The van der Waals surface area contributed by atoms with Gasteiger partial charge in [-0.2, -0.15) is 0 Å². The van der Waals surface area contributed by atoms with E-state index in [4.69, 9.17) is 28.4 Å². The summed E-state index contributed by atoms with van der Waals surface area (Å²) in [7, 11) is 1.29. The fraction of sp³-hybridized carbons (Fsp3) is 0.306. The first kappa shape index (κ1) is 41.5. The lowest BCUT2D eigenvalue weighted by Crippen LogP contribution is -2.44. The van der Waals surface area contributed by atoms with Crippen molar-refractivity contribution in [2.75, 3.05) is 13.9 Å². The number of esters is 3. The highest BCUT2D eigenvalue weighted by atomic mass is 16.7. The quantitative estimate of drug-likeness (QED) is 0.0613. The zero-order valence-corrected chi connectivity index (χ0v) is 34.5. The van der Waals surface area contributed by atoms with Crippen molar-refractivity contribution >= 4 is 23.7 Å². The molecule has 0 saturated heterocycles. The summed E-state index contributed by atoms with van der Waals surface area (Å²) in [5, 5.41) is 11.3. The number of hydrogen-bond donors (Lipinski definition) is 1. The Bertz CT molecular complexity index is 2470. The van der Waals surface area contributed by atoms with Gasteiger partial charge < -0.3 is 33.5 Å². The Balaban J connectivity index is 1.36. The van der Waals surface area contributed by atoms with Gasteiger partial charge in [0.1, 0.15) is 40.8 Å². The summed E-state index contributed by atoms with van der Waals surface area (Å²) >= 11 is 0. The van der Waals surface area contributed by atoms with Gasteiger partial charge in [0, 0.05) is 5.56 Å². The summed E-state index contributed by atoms with van der Waals surface area (Å²) in [4.78, 5) is 52.7. The maximum atomic E-state index is 14.5. The average molecular weight is 813 g/mol. The molecule has 0 fully saturated rings. The molecular weight excluding hydrogens is 765 g/mol. The number of carbonyl (C=O) groups excluding carboxylic acids is 4. The number of ketones is 1. The van der Waals surface area contributed by atoms with Crippen LogP contribution in [-0.4, -0.2) is 42.7 Å².